The molecule has 0 amide bonds. The molecule has 1 heterocycles. The summed E-state index contributed by atoms with van der Waals surface area (Å²) in [6, 6.07) is 10.3. The number of methoxy groups -OCH3 is 1. The van der Waals surface area contributed by atoms with Gasteiger partial charge in [0.25, 0.3) is 0 Å². The van der Waals surface area contributed by atoms with Crippen LogP contribution in [0.2, 0.25) is 0 Å². The molecule has 3 heteroatoms. The Hall–Kier alpha value is -1.74. The van der Waals surface area contributed by atoms with Gasteiger partial charge in [-0.25, -0.2) is 0 Å². The van der Waals surface area contributed by atoms with Gasteiger partial charge >= 0.3 is 0 Å². The van der Waals surface area contributed by atoms with Crippen LogP contribution in [-0.2, 0) is 6.42 Å². The molecule has 0 spiro atoms. The predicted molar refractivity (Wildman–Crippen MR) is 76.9 cm³/mol. The number of hydrogen-bond acceptors (Lipinski definition) is 3. The summed E-state index contributed by atoms with van der Waals surface area (Å²) in [5.74, 6) is 1.20. The van der Waals surface area contributed by atoms with E-state index in [9.17, 15) is 5.11 Å². The molecule has 1 aliphatic heterocycles. The summed E-state index contributed by atoms with van der Waals surface area (Å²) in [6.07, 6.45) is 3.31. The average Bonchev–Trinajstić information content (AvgIpc) is 2.94. The zero-order chi connectivity index (χ0) is 13.2. The first-order valence-corrected chi connectivity index (χ1v) is 6.80. The van der Waals surface area contributed by atoms with Crippen molar-refractivity contribution < 1.29 is 9.84 Å². The van der Waals surface area contributed by atoms with Crippen LogP contribution < -0.4 is 10.1 Å². The molecule has 0 aliphatic carbocycles. The quantitative estimate of drug-likeness (QED) is 0.888. The summed E-state index contributed by atoms with van der Waals surface area (Å²) in [5, 5.41) is 15.7. The Morgan fingerprint density at radius 1 is 1.26 bits per heavy atom. The van der Waals surface area contributed by atoms with Crippen molar-refractivity contribution in [3.05, 3.63) is 35.9 Å². The number of fused-ring (bicyclic) bond motifs is 1. The average molecular weight is 257 g/mol. The van der Waals surface area contributed by atoms with E-state index < -0.39 is 0 Å². The molecule has 1 atom stereocenters. The van der Waals surface area contributed by atoms with Crippen LogP contribution in [0, 0.1) is 0 Å². The van der Waals surface area contributed by atoms with Crippen LogP contribution in [0.15, 0.2) is 30.3 Å². The molecule has 3 rings (SSSR count). The minimum atomic E-state index is 0.394. The number of phenolic OH excluding ortho intramolecular Hbond substituents is 1. The van der Waals surface area contributed by atoms with E-state index in [1.165, 1.54) is 12.8 Å². The van der Waals surface area contributed by atoms with Crippen LogP contribution in [0.4, 0.5) is 0 Å². The number of phenols is 1. The number of hydrogen-bond donors (Lipinski definition) is 2. The van der Waals surface area contributed by atoms with E-state index in [1.807, 2.05) is 30.3 Å². The smallest absolute Gasteiger partial charge is 0.126 e. The van der Waals surface area contributed by atoms with Crippen LogP contribution in [-0.4, -0.2) is 24.8 Å². The van der Waals surface area contributed by atoms with E-state index in [1.54, 1.807) is 7.11 Å². The summed E-state index contributed by atoms with van der Waals surface area (Å²) >= 11 is 0. The normalized spacial score (nSPS) is 18.9. The fourth-order valence-corrected chi connectivity index (χ4v) is 2.90. The highest BCUT2D eigenvalue weighted by Gasteiger charge is 2.17. The third-order valence-electron chi connectivity index (χ3n) is 3.93. The molecule has 0 bridgehead atoms. The molecule has 0 saturated carbocycles. The summed E-state index contributed by atoms with van der Waals surface area (Å²) in [6.45, 7) is 1.09. The third-order valence-corrected chi connectivity index (χ3v) is 3.93. The molecule has 2 aromatic carbocycles. The lowest BCUT2D eigenvalue weighted by atomic mass is 9.99. The van der Waals surface area contributed by atoms with E-state index in [-0.39, 0.29) is 0 Å². The van der Waals surface area contributed by atoms with Crippen LogP contribution in [0.5, 0.6) is 11.5 Å². The van der Waals surface area contributed by atoms with Crippen LogP contribution in [0.3, 0.4) is 0 Å². The molecule has 3 nitrogen and oxygen atoms in total. The second-order valence-corrected chi connectivity index (χ2v) is 5.13. The largest absolute Gasteiger partial charge is 0.507 e. The molecule has 0 radical (unpaired) electrons. The molecule has 1 saturated heterocycles. The van der Waals surface area contributed by atoms with Crippen molar-refractivity contribution >= 4 is 10.8 Å². The van der Waals surface area contributed by atoms with E-state index in [0.717, 1.165) is 35.1 Å². The molecule has 100 valence electrons. The number of nitrogens with one attached hydrogen (secondary N) is 1. The van der Waals surface area contributed by atoms with Crippen molar-refractivity contribution in [2.75, 3.05) is 13.7 Å². The van der Waals surface area contributed by atoms with Gasteiger partial charge in [-0.15, -0.1) is 0 Å². The van der Waals surface area contributed by atoms with Gasteiger partial charge in [0.05, 0.1) is 7.11 Å². The first kappa shape index (κ1) is 12.3. The van der Waals surface area contributed by atoms with Crippen LogP contribution in [0.1, 0.15) is 18.4 Å². The second-order valence-electron chi connectivity index (χ2n) is 5.13. The van der Waals surface area contributed by atoms with Crippen LogP contribution >= 0.6 is 0 Å². The molecule has 19 heavy (non-hydrogen) atoms. The Kier molecular flexibility index (Phi) is 3.30. The number of aromatic hydroxyl groups is 1. The minimum absolute atomic E-state index is 0.394. The van der Waals surface area contributed by atoms with Crippen molar-refractivity contribution in [1.29, 1.82) is 0 Å². The van der Waals surface area contributed by atoms with Gasteiger partial charge in [-0.05, 0) is 37.4 Å². The zero-order valence-corrected chi connectivity index (χ0v) is 11.1. The SMILES string of the molecule is COc1cccc2c(O)c(CC3CCCN3)ccc12. The summed E-state index contributed by atoms with van der Waals surface area (Å²) < 4.78 is 5.33. The second kappa shape index (κ2) is 5.10. The predicted octanol–water partition coefficient (Wildman–Crippen LogP) is 2.85. The van der Waals surface area contributed by atoms with Gasteiger partial charge in [0.2, 0.25) is 0 Å². The van der Waals surface area contributed by atoms with Crippen molar-refractivity contribution in [3.63, 3.8) is 0 Å². The lowest BCUT2D eigenvalue weighted by molar-refractivity contribution is 0.419. The Morgan fingerprint density at radius 2 is 2.16 bits per heavy atom. The van der Waals surface area contributed by atoms with Gasteiger partial charge < -0.3 is 15.2 Å². The fourth-order valence-electron chi connectivity index (χ4n) is 2.90. The summed E-state index contributed by atoms with van der Waals surface area (Å²) in [7, 11) is 1.65. The first-order valence-electron chi connectivity index (χ1n) is 6.80. The third kappa shape index (κ3) is 2.26. The van der Waals surface area contributed by atoms with Crippen molar-refractivity contribution in [2.45, 2.75) is 25.3 Å². The van der Waals surface area contributed by atoms with E-state index in [0.29, 0.717) is 11.8 Å². The molecule has 1 unspecified atom stereocenters. The maximum absolute atomic E-state index is 10.4. The molecule has 1 fully saturated rings. The molecular formula is C16H19NO2. The lowest BCUT2D eigenvalue weighted by Crippen LogP contribution is -2.23. The Bertz CT molecular complexity index is 589. The van der Waals surface area contributed by atoms with E-state index >= 15 is 0 Å². The first-order chi connectivity index (χ1) is 9.29. The van der Waals surface area contributed by atoms with E-state index in [4.69, 9.17) is 4.74 Å². The van der Waals surface area contributed by atoms with E-state index in [2.05, 4.69) is 5.32 Å². The molecule has 0 aromatic heterocycles. The Labute approximate surface area is 113 Å². The highest BCUT2D eigenvalue weighted by molar-refractivity contribution is 5.93. The number of ether oxygens (including phenoxy) is 1. The number of rotatable bonds is 3. The highest BCUT2D eigenvalue weighted by Crippen LogP contribution is 2.34. The maximum atomic E-state index is 10.4. The lowest BCUT2D eigenvalue weighted by Gasteiger charge is -2.14. The monoisotopic (exact) mass is 257 g/mol. The minimum Gasteiger partial charge on any atom is -0.507 e. The van der Waals surface area contributed by atoms with Gasteiger partial charge in [0.1, 0.15) is 11.5 Å². The maximum Gasteiger partial charge on any atom is 0.126 e. The van der Waals surface area contributed by atoms with Crippen LogP contribution in [0.25, 0.3) is 10.8 Å². The standard InChI is InChI=1S/C16H19NO2/c1-19-15-6-2-5-14-13(15)8-7-11(16(14)18)10-12-4-3-9-17-12/h2,5-8,12,17-18H,3-4,9-10H2,1H3. The Balaban J connectivity index is 2.00. The van der Waals surface area contributed by atoms with Gasteiger partial charge in [-0.2, -0.15) is 0 Å². The van der Waals surface area contributed by atoms with Gasteiger partial charge in [-0.1, -0.05) is 24.3 Å². The van der Waals surface area contributed by atoms with Crippen molar-refractivity contribution in [3.8, 4) is 11.5 Å². The highest BCUT2D eigenvalue weighted by atomic mass is 16.5. The molecule has 1 aliphatic rings. The summed E-state index contributed by atoms with van der Waals surface area (Å²) in [4.78, 5) is 0. The Morgan fingerprint density at radius 3 is 2.89 bits per heavy atom. The van der Waals surface area contributed by atoms with Gasteiger partial charge in [-0.3, -0.25) is 0 Å². The van der Waals surface area contributed by atoms with Gasteiger partial charge in [0.15, 0.2) is 0 Å². The summed E-state index contributed by atoms with van der Waals surface area (Å²) in [5.41, 5.74) is 1.01. The fraction of sp³-hybridized carbons (Fsp3) is 0.375. The van der Waals surface area contributed by atoms with Crippen molar-refractivity contribution in [1.82, 2.24) is 5.32 Å². The number of benzene rings is 2. The van der Waals surface area contributed by atoms with Gasteiger partial charge in [0, 0.05) is 16.8 Å². The molecule has 2 aromatic rings. The molecular weight excluding hydrogens is 238 g/mol. The molecule has 2 N–H and O–H groups in total. The van der Waals surface area contributed by atoms with Crippen molar-refractivity contribution in [2.24, 2.45) is 0 Å². The zero-order valence-electron chi connectivity index (χ0n) is 11.1. The topological polar surface area (TPSA) is 41.5 Å².